The lowest BCUT2D eigenvalue weighted by Gasteiger charge is -2.28. The zero-order valence-corrected chi connectivity index (χ0v) is 12.5. The normalized spacial score (nSPS) is 14.8. The van der Waals surface area contributed by atoms with Crippen LogP contribution in [0.4, 0.5) is 5.69 Å². The summed E-state index contributed by atoms with van der Waals surface area (Å²) in [4.78, 5) is 2.50. The summed E-state index contributed by atoms with van der Waals surface area (Å²) in [5, 5.41) is 3.24. The highest BCUT2D eigenvalue weighted by Gasteiger charge is 2.13. The van der Waals surface area contributed by atoms with E-state index in [4.69, 9.17) is 0 Å². The molecule has 1 aliphatic heterocycles. The van der Waals surface area contributed by atoms with Gasteiger partial charge in [-0.2, -0.15) is 0 Å². The molecule has 1 aliphatic rings. The third-order valence-corrected chi connectivity index (χ3v) is 3.99. The lowest BCUT2D eigenvalue weighted by atomic mass is 10.0. The first-order valence-electron chi connectivity index (χ1n) is 7.63. The molecule has 0 aliphatic carbocycles. The zero-order valence-electron chi connectivity index (χ0n) is 12.5. The molecule has 0 bridgehead atoms. The molecule has 0 saturated heterocycles. The van der Waals surface area contributed by atoms with E-state index in [9.17, 15) is 0 Å². The average molecular weight is 278 g/mol. The predicted molar refractivity (Wildman–Crippen MR) is 91.4 cm³/mol. The van der Waals surface area contributed by atoms with Gasteiger partial charge >= 0.3 is 0 Å². The van der Waals surface area contributed by atoms with Crippen LogP contribution >= 0.6 is 0 Å². The first-order chi connectivity index (χ1) is 10.4. The van der Waals surface area contributed by atoms with Crippen molar-refractivity contribution in [1.82, 2.24) is 5.32 Å². The Morgan fingerprint density at radius 1 is 0.952 bits per heavy atom. The molecular formula is C19H22N2. The number of nitrogens with zero attached hydrogens (tertiary/aromatic N) is 1. The summed E-state index contributed by atoms with van der Waals surface area (Å²) in [7, 11) is 2.01. The van der Waals surface area contributed by atoms with E-state index < -0.39 is 0 Å². The van der Waals surface area contributed by atoms with Gasteiger partial charge in [-0.15, -0.1) is 0 Å². The van der Waals surface area contributed by atoms with E-state index in [1.165, 1.54) is 22.4 Å². The van der Waals surface area contributed by atoms with Crippen LogP contribution in [0.5, 0.6) is 0 Å². The minimum Gasteiger partial charge on any atom is -0.367 e. The molecule has 2 aromatic carbocycles. The predicted octanol–water partition coefficient (Wildman–Crippen LogP) is 3.79. The Morgan fingerprint density at radius 3 is 2.52 bits per heavy atom. The van der Waals surface area contributed by atoms with E-state index in [2.05, 4.69) is 70.9 Å². The molecule has 1 N–H and O–H groups in total. The van der Waals surface area contributed by atoms with Crippen LogP contribution in [-0.4, -0.2) is 20.1 Å². The summed E-state index contributed by atoms with van der Waals surface area (Å²) in [6.07, 6.45) is 5.62. The van der Waals surface area contributed by atoms with Crippen molar-refractivity contribution >= 4 is 17.8 Å². The lowest BCUT2D eigenvalue weighted by molar-refractivity contribution is 0.682. The van der Waals surface area contributed by atoms with Crippen molar-refractivity contribution in [3.8, 4) is 0 Å². The fourth-order valence-corrected chi connectivity index (χ4v) is 2.87. The largest absolute Gasteiger partial charge is 0.367 e. The van der Waals surface area contributed by atoms with E-state index in [1.807, 2.05) is 7.05 Å². The Hall–Kier alpha value is -2.06. The molecule has 0 amide bonds. The van der Waals surface area contributed by atoms with Crippen LogP contribution < -0.4 is 10.2 Å². The van der Waals surface area contributed by atoms with Crippen LogP contribution in [0.3, 0.4) is 0 Å². The molecule has 0 fully saturated rings. The van der Waals surface area contributed by atoms with Gasteiger partial charge < -0.3 is 10.2 Å². The third kappa shape index (κ3) is 3.17. The van der Waals surface area contributed by atoms with Gasteiger partial charge in [-0.05, 0) is 42.8 Å². The van der Waals surface area contributed by atoms with E-state index in [1.54, 1.807) is 0 Å². The summed E-state index contributed by atoms with van der Waals surface area (Å²) in [6.45, 7) is 3.09. The summed E-state index contributed by atoms with van der Waals surface area (Å²) in [5.41, 5.74) is 5.36. The average Bonchev–Trinajstić information content (AvgIpc) is 2.51. The maximum absolute atomic E-state index is 3.24. The molecule has 108 valence electrons. The van der Waals surface area contributed by atoms with E-state index in [-0.39, 0.29) is 0 Å². The maximum atomic E-state index is 3.24. The van der Waals surface area contributed by atoms with Crippen LogP contribution in [0.1, 0.15) is 23.1 Å². The highest BCUT2D eigenvalue weighted by molar-refractivity contribution is 5.79. The number of benzene rings is 2. The first-order valence-corrected chi connectivity index (χ1v) is 7.63. The van der Waals surface area contributed by atoms with Crippen LogP contribution in [-0.2, 0) is 6.54 Å². The Kier molecular flexibility index (Phi) is 4.37. The van der Waals surface area contributed by atoms with E-state index in [0.29, 0.717) is 0 Å². The van der Waals surface area contributed by atoms with Crippen molar-refractivity contribution in [2.45, 2.75) is 13.0 Å². The van der Waals surface area contributed by atoms with Crippen molar-refractivity contribution in [2.24, 2.45) is 0 Å². The number of fused-ring (bicyclic) bond motifs is 2. The number of nitrogens with one attached hydrogen (secondary N) is 1. The molecule has 0 unspecified atom stereocenters. The zero-order chi connectivity index (χ0) is 14.5. The molecule has 3 rings (SSSR count). The quantitative estimate of drug-likeness (QED) is 0.856. The fraction of sp³-hybridized carbons (Fsp3) is 0.263. The molecule has 0 atom stereocenters. The van der Waals surface area contributed by atoms with Gasteiger partial charge in [-0.3, -0.25) is 0 Å². The van der Waals surface area contributed by atoms with Gasteiger partial charge in [-0.25, -0.2) is 0 Å². The second-order valence-corrected chi connectivity index (χ2v) is 5.47. The van der Waals surface area contributed by atoms with Crippen LogP contribution in [0.25, 0.3) is 12.2 Å². The maximum Gasteiger partial charge on any atom is 0.0442 e. The van der Waals surface area contributed by atoms with Gasteiger partial charge in [0.05, 0.1) is 0 Å². The topological polar surface area (TPSA) is 15.3 Å². The van der Waals surface area contributed by atoms with Crippen molar-refractivity contribution in [3.05, 3.63) is 65.2 Å². The van der Waals surface area contributed by atoms with E-state index >= 15 is 0 Å². The molecule has 0 spiro atoms. The molecule has 0 radical (unpaired) electrons. The molecule has 2 nitrogen and oxygen atoms in total. The number of anilines is 1. The molecule has 1 heterocycles. The highest BCUT2D eigenvalue weighted by Crippen LogP contribution is 2.28. The molecule has 2 aromatic rings. The van der Waals surface area contributed by atoms with Gasteiger partial charge in [0, 0.05) is 18.8 Å². The summed E-state index contributed by atoms with van der Waals surface area (Å²) in [6, 6.07) is 17.4. The van der Waals surface area contributed by atoms with Crippen LogP contribution in [0.15, 0.2) is 48.5 Å². The van der Waals surface area contributed by atoms with Crippen LogP contribution in [0, 0.1) is 0 Å². The first kappa shape index (κ1) is 13.9. The summed E-state index contributed by atoms with van der Waals surface area (Å²) < 4.78 is 0. The highest BCUT2D eigenvalue weighted by atomic mass is 15.1. The molecule has 21 heavy (non-hydrogen) atoms. The van der Waals surface area contributed by atoms with E-state index in [0.717, 1.165) is 26.1 Å². The van der Waals surface area contributed by atoms with Gasteiger partial charge in [-0.1, -0.05) is 54.6 Å². The van der Waals surface area contributed by atoms with Crippen molar-refractivity contribution in [3.63, 3.8) is 0 Å². The number of rotatable bonds is 4. The molecule has 2 heteroatoms. The fourth-order valence-electron chi connectivity index (χ4n) is 2.87. The van der Waals surface area contributed by atoms with Gasteiger partial charge in [0.15, 0.2) is 0 Å². The summed E-state index contributed by atoms with van der Waals surface area (Å²) in [5.74, 6) is 0. The Bertz CT molecular complexity index is 631. The van der Waals surface area contributed by atoms with Crippen LogP contribution in [0.2, 0.25) is 0 Å². The monoisotopic (exact) mass is 278 g/mol. The Morgan fingerprint density at radius 2 is 1.67 bits per heavy atom. The minimum absolute atomic E-state index is 0.973. The third-order valence-electron chi connectivity index (χ3n) is 3.99. The minimum atomic E-state index is 0.973. The molecular weight excluding hydrogens is 256 g/mol. The number of hydrogen-bond acceptors (Lipinski definition) is 2. The molecule has 0 aromatic heterocycles. The van der Waals surface area contributed by atoms with Gasteiger partial charge in [0.25, 0.3) is 0 Å². The smallest absolute Gasteiger partial charge is 0.0442 e. The van der Waals surface area contributed by atoms with Crippen molar-refractivity contribution < 1.29 is 0 Å². The standard InChI is InChI=1S/C19H22N2/c1-20-13-6-14-21-15-18-9-3-2-7-16(18)11-12-17-8-4-5-10-19(17)21/h2-5,7-12,20H,6,13-15H2,1H3/b12-11-. The van der Waals surface area contributed by atoms with Crippen molar-refractivity contribution in [1.29, 1.82) is 0 Å². The Balaban J connectivity index is 1.97. The van der Waals surface area contributed by atoms with Crippen molar-refractivity contribution in [2.75, 3.05) is 25.0 Å². The van der Waals surface area contributed by atoms with Gasteiger partial charge in [0.1, 0.15) is 0 Å². The van der Waals surface area contributed by atoms with Gasteiger partial charge in [0.2, 0.25) is 0 Å². The number of para-hydroxylation sites is 1. The number of hydrogen-bond donors (Lipinski definition) is 1. The molecule has 0 saturated carbocycles. The summed E-state index contributed by atoms with van der Waals surface area (Å²) >= 11 is 0. The SMILES string of the molecule is CNCCCN1Cc2ccccc2/C=C\c2ccccc21. The second-order valence-electron chi connectivity index (χ2n) is 5.47. The Labute approximate surface area is 127 Å². The second kappa shape index (κ2) is 6.59. The lowest BCUT2D eigenvalue weighted by Crippen LogP contribution is -2.27.